The van der Waals surface area contributed by atoms with Crippen LogP contribution < -0.4 is 0 Å². The molecule has 46 heavy (non-hydrogen) atoms. The van der Waals surface area contributed by atoms with Gasteiger partial charge in [-0.15, -0.1) is 0 Å². The van der Waals surface area contributed by atoms with Crippen molar-refractivity contribution in [2.24, 2.45) is 0 Å². The fraction of sp³-hybridized carbons (Fsp3) is 1.00. The number of rotatable bonds is 22. The SMILES string of the molecule is FC(OC(F)(F)C(F)(F)C(F)(F)COCC1CO1)C(F)(F)OCCOC(F)(F)C(F)OC(F)(F)C(F)(F)C(F)(F)COC1CCO1. The van der Waals surface area contributed by atoms with E-state index >= 15 is 0 Å². The molecule has 0 N–H and O–H groups in total. The summed E-state index contributed by atoms with van der Waals surface area (Å²) in [7, 11) is 0. The summed E-state index contributed by atoms with van der Waals surface area (Å²) >= 11 is 0. The molecule has 0 saturated carbocycles. The molecule has 0 radical (unpaired) electrons. The van der Waals surface area contributed by atoms with Crippen LogP contribution in [-0.2, 0) is 37.9 Å². The van der Waals surface area contributed by atoms with Crippen LogP contribution in [0.5, 0.6) is 0 Å². The van der Waals surface area contributed by atoms with Gasteiger partial charge in [0.1, 0.15) is 19.3 Å². The Morgan fingerprint density at radius 2 is 1.00 bits per heavy atom. The Balaban J connectivity index is 1.89. The van der Waals surface area contributed by atoms with Crippen molar-refractivity contribution in [3.8, 4) is 0 Å². The van der Waals surface area contributed by atoms with Gasteiger partial charge in [0.15, 0.2) is 6.29 Å². The van der Waals surface area contributed by atoms with E-state index in [-0.39, 0.29) is 19.6 Å². The fourth-order valence-electron chi connectivity index (χ4n) is 2.66. The molecule has 4 unspecified atom stereocenters. The van der Waals surface area contributed by atoms with Crippen molar-refractivity contribution < 1.29 is 117 Å². The normalized spacial score (nSPS) is 22.0. The van der Waals surface area contributed by atoms with E-state index in [1.807, 2.05) is 0 Å². The molecule has 2 fully saturated rings. The largest absolute Gasteiger partial charge is 0.428 e. The average molecular weight is 730 g/mol. The second-order valence-corrected chi connectivity index (χ2v) is 9.15. The summed E-state index contributed by atoms with van der Waals surface area (Å²) in [6.07, 6.45) is -37.8. The molecule has 0 aromatic carbocycles. The Hall–Kier alpha value is -1.58. The van der Waals surface area contributed by atoms with Crippen LogP contribution in [-0.4, -0.2) is 119 Å². The van der Waals surface area contributed by atoms with E-state index in [0.717, 1.165) is 0 Å². The summed E-state index contributed by atoms with van der Waals surface area (Å²) in [6.45, 7) is -10.3. The van der Waals surface area contributed by atoms with Gasteiger partial charge in [-0.1, -0.05) is 0 Å². The lowest BCUT2D eigenvalue weighted by Gasteiger charge is -2.35. The summed E-state index contributed by atoms with van der Waals surface area (Å²) in [5.74, 6) is -25.2. The van der Waals surface area contributed by atoms with Gasteiger partial charge in [-0.2, -0.15) is 70.2 Å². The number of hydrogen-bond acceptors (Lipinski definition) is 8. The van der Waals surface area contributed by atoms with E-state index in [4.69, 9.17) is 0 Å². The average Bonchev–Trinajstić information content (AvgIpc) is 3.69. The molecule has 0 bridgehead atoms. The molecule has 26 heteroatoms. The van der Waals surface area contributed by atoms with E-state index in [1.54, 1.807) is 0 Å². The van der Waals surface area contributed by atoms with Gasteiger partial charge in [0.2, 0.25) is 0 Å². The molecule has 2 aliphatic rings. The lowest BCUT2D eigenvalue weighted by molar-refractivity contribution is -0.459. The molecule has 4 atom stereocenters. The third-order valence-electron chi connectivity index (χ3n) is 5.45. The first-order valence-corrected chi connectivity index (χ1v) is 12.0. The maximum Gasteiger partial charge on any atom is 0.428 e. The Bertz CT molecular complexity index is 978. The van der Waals surface area contributed by atoms with Crippen LogP contribution in [0.1, 0.15) is 6.42 Å². The third-order valence-corrected chi connectivity index (χ3v) is 5.45. The van der Waals surface area contributed by atoms with Crippen molar-refractivity contribution in [3.63, 3.8) is 0 Å². The van der Waals surface area contributed by atoms with Crippen LogP contribution in [0.25, 0.3) is 0 Å². The van der Waals surface area contributed by atoms with Crippen molar-refractivity contribution in [3.05, 3.63) is 0 Å². The molecule has 8 nitrogen and oxygen atoms in total. The molecule has 274 valence electrons. The highest BCUT2D eigenvalue weighted by molar-refractivity contribution is 4.93. The first-order chi connectivity index (χ1) is 20.6. The van der Waals surface area contributed by atoms with Gasteiger partial charge in [-0.05, 0) is 0 Å². The number of alkyl halides is 18. The lowest BCUT2D eigenvalue weighted by atomic mass is 10.1. The zero-order valence-corrected chi connectivity index (χ0v) is 22.0. The summed E-state index contributed by atoms with van der Waals surface area (Å²) in [4.78, 5) is 0. The second-order valence-electron chi connectivity index (χ2n) is 9.15. The van der Waals surface area contributed by atoms with Crippen LogP contribution in [0, 0.1) is 0 Å². The Labute approximate surface area is 244 Å². The van der Waals surface area contributed by atoms with E-state index in [9.17, 15) is 79.0 Å². The van der Waals surface area contributed by atoms with Crippen molar-refractivity contribution >= 4 is 0 Å². The summed E-state index contributed by atoms with van der Waals surface area (Å²) in [6, 6.07) is 0. The van der Waals surface area contributed by atoms with Crippen LogP contribution in [0.4, 0.5) is 79.0 Å². The molecular weight excluding hydrogens is 710 g/mol. The van der Waals surface area contributed by atoms with Crippen LogP contribution in [0.3, 0.4) is 0 Å². The molecule has 2 heterocycles. The van der Waals surface area contributed by atoms with E-state index in [2.05, 4.69) is 37.9 Å². The van der Waals surface area contributed by atoms with E-state index < -0.39 is 106 Å². The van der Waals surface area contributed by atoms with Crippen molar-refractivity contribution in [1.29, 1.82) is 0 Å². The quantitative estimate of drug-likeness (QED) is 0.0795. The minimum absolute atomic E-state index is 0.0473. The standard InChI is InChI=1S/C20H20F18O8/c21-11(45-19(35,36)17(31,32)13(23,24)7-39-5-9-6-41-9)15(27,28)43-3-4-44-16(29,30)12(22)46-20(37,38)18(33,34)14(25,26)8-42-10-1-2-40-10/h9-12H,1-8H2. The molecule has 0 aliphatic carbocycles. The first-order valence-electron chi connectivity index (χ1n) is 12.0. The maximum absolute atomic E-state index is 13.7. The van der Waals surface area contributed by atoms with Gasteiger partial charge >= 0.3 is 48.1 Å². The number of halogens is 18. The van der Waals surface area contributed by atoms with Gasteiger partial charge < -0.3 is 28.4 Å². The van der Waals surface area contributed by atoms with Crippen molar-refractivity contribution in [2.75, 3.05) is 46.2 Å². The minimum Gasteiger partial charge on any atom is -0.372 e. The molecule has 2 aliphatic heterocycles. The van der Waals surface area contributed by atoms with Gasteiger partial charge in [0.25, 0.3) is 12.7 Å². The topological polar surface area (TPSA) is 77.1 Å². The summed E-state index contributed by atoms with van der Waals surface area (Å²) < 4.78 is 273. The highest BCUT2D eigenvalue weighted by Crippen LogP contribution is 2.49. The molecule has 2 rings (SSSR count). The second kappa shape index (κ2) is 14.1. The Kier molecular flexibility index (Phi) is 12.4. The first kappa shape index (κ1) is 40.6. The van der Waals surface area contributed by atoms with Gasteiger partial charge in [-0.3, -0.25) is 9.47 Å². The number of epoxide rings is 1. The highest BCUT2D eigenvalue weighted by atomic mass is 19.4. The number of hydrogen-bond donors (Lipinski definition) is 0. The van der Waals surface area contributed by atoms with Crippen LogP contribution in [0.2, 0.25) is 0 Å². The van der Waals surface area contributed by atoms with Crippen LogP contribution >= 0.6 is 0 Å². The summed E-state index contributed by atoms with van der Waals surface area (Å²) in [5, 5.41) is 0. The molecule has 0 aromatic rings. The smallest absolute Gasteiger partial charge is 0.372 e. The van der Waals surface area contributed by atoms with Gasteiger partial charge in [0, 0.05) is 6.42 Å². The predicted molar refractivity (Wildman–Crippen MR) is 104 cm³/mol. The minimum atomic E-state index is -6.74. The molecule has 0 spiro atoms. The molecule has 0 aromatic heterocycles. The van der Waals surface area contributed by atoms with Crippen LogP contribution in [0.15, 0.2) is 0 Å². The van der Waals surface area contributed by atoms with E-state index in [1.165, 1.54) is 0 Å². The maximum atomic E-state index is 13.7. The van der Waals surface area contributed by atoms with E-state index in [0.29, 0.717) is 0 Å². The molecular formula is C20H20F18O8. The van der Waals surface area contributed by atoms with Crippen molar-refractivity contribution in [2.45, 2.75) is 79.7 Å². The third kappa shape index (κ3) is 9.52. The Morgan fingerprint density at radius 3 is 1.35 bits per heavy atom. The monoisotopic (exact) mass is 730 g/mol. The Morgan fingerprint density at radius 1 is 0.609 bits per heavy atom. The fourth-order valence-corrected chi connectivity index (χ4v) is 2.66. The lowest BCUT2D eigenvalue weighted by Crippen LogP contribution is -2.59. The predicted octanol–water partition coefficient (Wildman–Crippen LogP) is 5.73. The van der Waals surface area contributed by atoms with Crippen molar-refractivity contribution in [1.82, 2.24) is 0 Å². The van der Waals surface area contributed by atoms with Gasteiger partial charge in [-0.25, -0.2) is 8.78 Å². The number of ether oxygens (including phenoxy) is 8. The highest BCUT2D eigenvalue weighted by Gasteiger charge is 2.76. The zero-order chi connectivity index (χ0) is 35.6. The molecule has 2 saturated heterocycles. The summed E-state index contributed by atoms with van der Waals surface area (Å²) in [5.41, 5.74) is 0. The molecule has 0 amide bonds. The zero-order valence-electron chi connectivity index (χ0n) is 22.0. The van der Waals surface area contributed by atoms with Gasteiger partial charge in [0.05, 0.1) is 33.0 Å².